The van der Waals surface area contributed by atoms with E-state index in [1.165, 1.54) is 0 Å². The van der Waals surface area contributed by atoms with E-state index in [1.54, 1.807) is 24.9 Å². The van der Waals surface area contributed by atoms with Gasteiger partial charge in [0.25, 0.3) is 0 Å². The number of rotatable bonds is 6. The molecule has 2 aromatic heterocycles. The largest absolute Gasteiger partial charge is 0.469 e. The van der Waals surface area contributed by atoms with Crippen LogP contribution in [0.25, 0.3) is 0 Å². The third-order valence-electron chi connectivity index (χ3n) is 6.96. The number of nitrogens with zero attached hydrogens (tertiary/aromatic N) is 4. The number of aromatic nitrogens is 2. The molecule has 3 fully saturated rings. The molecule has 3 saturated heterocycles. The van der Waals surface area contributed by atoms with Crippen molar-refractivity contribution in [1.29, 1.82) is 0 Å². The molecule has 0 radical (unpaired) electrons. The number of anilines is 1. The summed E-state index contributed by atoms with van der Waals surface area (Å²) in [6.07, 6.45) is 11.8. The molecule has 3 aliphatic heterocycles. The lowest BCUT2D eigenvalue weighted by atomic mass is 9.71. The maximum Gasteiger partial charge on any atom is 0.243 e. The van der Waals surface area contributed by atoms with Crippen LogP contribution in [0.4, 0.5) is 5.82 Å². The second kappa shape index (κ2) is 8.69. The summed E-state index contributed by atoms with van der Waals surface area (Å²) in [5.41, 5.74) is 0. The second-order valence-electron chi connectivity index (χ2n) is 8.90. The number of furan rings is 1. The minimum absolute atomic E-state index is 0.0239. The Kier molecular flexibility index (Phi) is 5.61. The summed E-state index contributed by atoms with van der Waals surface area (Å²) >= 11 is 0. The van der Waals surface area contributed by atoms with Gasteiger partial charge in [-0.3, -0.25) is 14.6 Å². The van der Waals surface area contributed by atoms with Crippen LogP contribution < -0.4 is 10.2 Å². The summed E-state index contributed by atoms with van der Waals surface area (Å²) in [6, 6.07) is 3.55. The summed E-state index contributed by atoms with van der Waals surface area (Å²) < 4.78 is 5.37. The van der Waals surface area contributed by atoms with Crippen LogP contribution in [0.5, 0.6) is 0 Å². The first-order chi connectivity index (χ1) is 15.2. The molecule has 8 nitrogen and oxygen atoms in total. The lowest BCUT2D eigenvalue weighted by Crippen LogP contribution is -2.68. The van der Waals surface area contributed by atoms with E-state index in [-0.39, 0.29) is 23.8 Å². The van der Waals surface area contributed by atoms with Crippen LogP contribution in [0, 0.1) is 11.8 Å². The number of piperidine rings is 3. The average Bonchev–Trinajstić information content (AvgIpc) is 3.31. The zero-order valence-electron chi connectivity index (χ0n) is 17.7. The van der Waals surface area contributed by atoms with Gasteiger partial charge in [0.15, 0.2) is 0 Å². The van der Waals surface area contributed by atoms with Crippen molar-refractivity contribution in [2.45, 2.75) is 50.6 Å². The van der Waals surface area contributed by atoms with Gasteiger partial charge < -0.3 is 19.5 Å². The predicted octanol–water partition coefficient (Wildman–Crippen LogP) is 2.02. The van der Waals surface area contributed by atoms with Crippen molar-refractivity contribution in [2.75, 3.05) is 24.5 Å². The molecular weight excluding hydrogens is 394 g/mol. The normalized spacial score (nSPS) is 27.7. The molecule has 2 bridgehead atoms. The van der Waals surface area contributed by atoms with Crippen LogP contribution >= 0.6 is 0 Å². The molecule has 5 rings (SSSR count). The van der Waals surface area contributed by atoms with Gasteiger partial charge in [-0.25, -0.2) is 4.98 Å². The standard InChI is InChI=1S/C23H29N5O3/c29-21-7-1-6-19-16-12-17(15-27(14-16)20-13-24-9-10-25-20)22(28(19)21)23(30)26-8-2-4-18-5-3-11-31-18/h3,5,9-11,13,16-17,19,22H,1-2,4,6-8,12,14-15H2,(H,26,30)/t16-,17+,19-,22+/m0/s1. The van der Waals surface area contributed by atoms with Crippen LogP contribution in [0.1, 0.15) is 37.9 Å². The molecule has 2 aromatic rings. The topological polar surface area (TPSA) is 91.6 Å². The van der Waals surface area contributed by atoms with Gasteiger partial charge in [-0.15, -0.1) is 0 Å². The van der Waals surface area contributed by atoms with Crippen LogP contribution in [0.15, 0.2) is 41.4 Å². The first-order valence-electron chi connectivity index (χ1n) is 11.3. The van der Waals surface area contributed by atoms with Gasteiger partial charge in [-0.2, -0.15) is 0 Å². The number of hydrogen-bond donors (Lipinski definition) is 1. The molecule has 0 unspecified atom stereocenters. The molecule has 1 N–H and O–H groups in total. The van der Waals surface area contributed by atoms with Crippen LogP contribution in [0.2, 0.25) is 0 Å². The van der Waals surface area contributed by atoms with Crippen molar-refractivity contribution in [3.63, 3.8) is 0 Å². The van der Waals surface area contributed by atoms with Gasteiger partial charge in [-0.05, 0) is 43.7 Å². The number of carbonyl (C=O) groups excluding carboxylic acids is 2. The molecule has 164 valence electrons. The first kappa shape index (κ1) is 20.0. The maximum atomic E-state index is 13.3. The fraction of sp³-hybridized carbons (Fsp3) is 0.565. The van der Waals surface area contributed by atoms with Gasteiger partial charge in [-0.1, -0.05) is 0 Å². The third-order valence-corrected chi connectivity index (χ3v) is 6.96. The number of carbonyl (C=O) groups is 2. The summed E-state index contributed by atoms with van der Waals surface area (Å²) in [5, 5.41) is 3.11. The fourth-order valence-electron chi connectivity index (χ4n) is 5.67. The summed E-state index contributed by atoms with van der Waals surface area (Å²) in [5.74, 6) is 2.36. The minimum Gasteiger partial charge on any atom is -0.469 e. The Balaban J connectivity index is 1.31. The molecule has 0 saturated carbocycles. The van der Waals surface area contributed by atoms with E-state index >= 15 is 0 Å². The molecule has 0 aliphatic carbocycles. The van der Waals surface area contributed by atoms with Gasteiger partial charge in [0, 0.05) is 56.8 Å². The average molecular weight is 424 g/mol. The Bertz CT molecular complexity index is 903. The molecule has 0 spiro atoms. The van der Waals surface area contributed by atoms with Crippen LogP contribution in [-0.2, 0) is 16.0 Å². The van der Waals surface area contributed by atoms with Gasteiger partial charge in [0.2, 0.25) is 11.8 Å². The lowest BCUT2D eigenvalue weighted by Gasteiger charge is -2.56. The van der Waals surface area contributed by atoms with Crippen LogP contribution in [-0.4, -0.2) is 58.4 Å². The molecule has 31 heavy (non-hydrogen) atoms. The Hall–Kier alpha value is -2.90. The lowest BCUT2D eigenvalue weighted by molar-refractivity contribution is -0.156. The summed E-state index contributed by atoms with van der Waals surface area (Å²) in [7, 11) is 0. The van der Waals surface area contributed by atoms with E-state index in [2.05, 4.69) is 20.2 Å². The number of nitrogens with one attached hydrogen (secondary N) is 1. The van der Waals surface area contributed by atoms with Gasteiger partial charge in [0.05, 0.1) is 12.5 Å². The van der Waals surface area contributed by atoms with Crippen LogP contribution in [0.3, 0.4) is 0 Å². The highest BCUT2D eigenvalue weighted by Crippen LogP contribution is 2.42. The number of aryl methyl sites for hydroxylation is 1. The van der Waals surface area contributed by atoms with E-state index in [0.29, 0.717) is 18.9 Å². The van der Waals surface area contributed by atoms with Gasteiger partial charge in [0.1, 0.15) is 17.6 Å². The zero-order valence-corrected chi connectivity index (χ0v) is 17.7. The molecule has 8 heteroatoms. The molecule has 0 aromatic carbocycles. The number of hydrogen-bond acceptors (Lipinski definition) is 6. The summed E-state index contributed by atoms with van der Waals surface area (Å²) in [4.78, 5) is 39.1. The van der Waals surface area contributed by atoms with Crippen molar-refractivity contribution in [1.82, 2.24) is 20.2 Å². The van der Waals surface area contributed by atoms with E-state index in [4.69, 9.17) is 4.42 Å². The highest BCUT2D eigenvalue weighted by atomic mass is 16.3. The number of amides is 2. The fourth-order valence-corrected chi connectivity index (χ4v) is 5.67. The van der Waals surface area contributed by atoms with Crippen molar-refractivity contribution in [3.8, 4) is 0 Å². The predicted molar refractivity (Wildman–Crippen MR) is 114 cm³/mol. The maximum absolute atomic E-state index is 13.3. The van der Waals surface area contributed by atoms with E-state index in [9.17, 15) is 9.59 Å². The Morgan fingerprint density at radius 2 is 2.16 bits per heavy atom. The van der Waals surface area contributed by atoms with Crippen molar-refractivity contribution in [2.24, 2.45) is 11.8 Å². The Morgan fingerprint density at radius 1 is 1.26 bits per heavy atom. The highest BCUT2D eigenvalue weighted by molar-refractivity contribution is 5.89. The smallest absolute Gasteiger partial charge is 0.243 e. The Morgan fingerprint density at radius 3 is 2.97 bits per heavy atom. The molecule has 4 atom stereocenters. The van der Waals surface area contributed by atoms with E-state index in [1.807, 2.05) is 17.0 Å². The molecule has 2 amide bonds. The van der Waals surface area contributed by atoms with Gasteiger partial charge >= 0.3 is 0 Å². The SMILES string of the molecule is O=C(NCCCc1ccco1)[C@H]1[C@@H]2C[C@@H](CN(c3cnccn3)C2)[C@@H]2CCCC(=O)N21. The monoisotopic (exact) mass is 423 g/mol. The Labute approximate surface area is 182 Å². The zero-order chi connectivity index (χ0) is 21.2. The molecular formula is C23H29N5O3. The molecule has 5 heterocycles. The van der Waals surface area contributed by atoms with Crippen molar-refractivity contribution >= 4 is 17.6 Å². The van der Waals surface area contributed by atoms with Crippen molar-refractivity contribution < 1.29 is 14.0 Å². The molecule has 3 aliphatic rings. The second-order valence-corrected chi connectivity index (χ2v) is 8.90. The number of fused-ring (bicyclic) bond motifs is 4. The first-order valence-corrected chi connectivity index (χ1v) is 11.3. The van der Waals surface area contributed by atoms with Crippen molar-refractivity contribution in [3.05, 3.63) is 42.7 Å². The summed E-state index contributed by atoms with van der Waals surface area (Å²) in [6.45, 7) is 2.16. The quantitative estimate of drug-likeness (QED) is 0.715. The third kappa shape index (κ3) is 4.03. The van der Waals surface area contributed by atoms with E-state index in [0.717, 1.165) is 56.8 Å². The minimum atomic E-state index is -0.405. The van der Waals surface area contributed by atoms with E-state index < -0.39 is 6.04 Å². The highest BCUT2D eigenvalue weighted by Gasteiger charge is 2.52.